The first kappa shape index (κ1) is 13.4. The summed E-state index contributed by atoms with van der Waals surface area (Å²) in [5.74, 6) is -0.00722. The SMILES string of the molecule is CNc1sc2c(c1C(=O)NCCCO)CCCC2. The van der Waals surface area contributed by atoms with Crippen molar-refractivity contribution in [1.82, 2.24) is 5.32 Å². The second-order valence-electron chi connectivity index (χ2n) is 4.50. The quantitative estimate of drug-likeness (QED) is 0.713. The lowest BCUT2D eigenvalue weighted by Gasteiger charge is -2.12. The van der Waals surface area contributed by atoms with Crippen molar-refractivity contribution in [2.75, 3.05) is 25.5 Å². The summed E-state index contributed by atoms with van der Waals surface area (Å²) in [5, 5.41) is 15.7. The number of aryl methyl sites for hydroxylation is 1. The number of aliphatic hydroxyl groups is 1. The van der Waals surface area contributed by atoms with Crippen LogP contribution in [0.1, 0.15) is 40.1 Å². The third-order valence-corrected chi connectivity index (χ3v) is 4.56. The van der Waals surface area contributed by atoms with Crippen molar-refractivity contribution in [2.45, 2.75) is 32.1 Å². The fourth-order valence-corrected chi connectivity index (χ4v) is 3.59. The van der Waals surface area contributed by atoms with E-state index in [1.807, 2.05) is 7.05 Å². The number of rotatable bonds is 5. The number of carbonyl (C=O) groups is 1. The molecule has 4 nitrogen and oxygen atoms in total. The molecule has 0 radical (unpaired) electrons. The number of carbonyl (C=O) groups excluding carboxylic acids is 1. The molecule has 1 aromatic rings. The summed E-state index contributed by atoms with van der Waals surface area (Å²) in [6.07, 6.45) is 5.11. The first-order valence-corrected chi connectivity index (χ1v) is 7.31. The predicted octanol–water partition coefficient (Wildman–Crippen LogP) is 1.78. The van der Waals surface area contributed by atoms with Gasteiger partial charge in [-0.15, -0.1) is 11.3 Å². The summed E-state index contributed by atoms with van der Waals surface area (Å²) in [5.41, 5.74) is 2.06. The van der Waals surface area contributed by atoms with Crippen LogP contribution in [0.3, 0.4) is 0 Å². The predicted molar refractivity (Wildman–Crippen MR) is 74.5 cm³/mol. The zero-order valence-electron chi connectivity index (χ0n) is 10.7. The van der Waals surface area contributed by atoms with E-state index in [0.29, 0.717) is 13.0 Å². The van der Waals surface area contributed by atoms with Gasteiger partial charge in [0, 0.05) is 25.1 Å². The molecule has 1 amide bonds. The summed E-state index contributed by atoms with van der Waals surface area (Å²) >= 11 is 1.71. The van der Waals surface area contributed by atoms with E-state index in [4.69, 9.17) is 5.11 Å². The van der Waals surface area contributed by atoms with E-state index in [1.165, 1.54) is 23.3 Å². The van der Waals surface area contributed by atoms with Gasteiger partial charge in [-0.05, 0) is 37.7 Å². The van der Waals surface area contributed by atoms with Gasteiger partial charge in [0.15, 0.2) is 0 Å². The third-order valence-electron chi connectivity index (χ3n) is 3.25. The van der Waals surface area contributed by atoms with Gasteiger partial charge < -0.3 is 15.7 Å². The maximum absolute atomic E-state index is 12.2. The summed E-state index contributed by atoms with van der Waals surface area (Å²) < 4.78 is 0. The minimum atomic E-state index is -0.00722. The first-order valence-electron chi connectivity index (χ1n) is 6.49. The molecule has 1 aromatic heterocycles. The van der Waals surface area contributed by atoms with Gasteiger partial charge >= 0.3 is 0 Å². The van der Waals surface area contributed by atoms with E-state index in [0.717, 1.165) is 23.4 Å². The standard InChI is InChI=1S/C13H20N2O2S/c1-14-13-11(12(17)15-7-4-8-16)9-5-2-3-6-10(9)18-13/h14,16H,2-8H2,1H3,(H,15,17). The van der Waals surface area contributed by atoms with Crippen molar-refractivity contribution < 1.29 is 9.90 Å². The van der Waals surface area contributed by atoms with Crippen LogP contribution < -0.4 is 10.6 Å². The Morgan fingerprint density at radius 1 is 1.39 bits per heavy atom. The molecule has 1 aliphatic carbocycles. The van der Waals surface area contributed by atoms with Crippen LogP contribution in [0.5, 0.6) is 0 Å². The molecule has 18 heavy (non-hydrogen) atoms. The average molecular weight is 268 g/mol. The van der Waals surface area contributed by atoms with E-state index >= 15 is 0 Å². The lowest BCUT2D eigenvalue weighted by atomic mass is 9.95. The molecule has 100 valence electrons. The Kier molecular flexibility index (Phi) is 4.60. The molecule has 0 aliphatic heterocycles. The minimum Gasteiger partial charge on any atom is -0.396 e. The molecule has 0 unspecified atom stereocenters. The number of hydrogen-bond donors (Lipinski definition) is 3. The Morgan fingerprint density at radius 2 is 2.17 bits per heavy atom. The van der Waals surface area contributed by atoms with Crippen molar-refractivity contribution in [3.8, 4) is 0 Å². The maximum Gasteiger partial charge on any atom is 0.254 e. The van der Waals surface area contributed by atoms with Gasteiger partial charge in [-0.1, -0.05) is 0 Å². The molecule has 1 aliphatic rings. The molecule has 5 heteroatoms. The lowest BCUT2D eigenvalue weighted by molar-refractivity contribution is 0.0951. The Balaban J connectivity index is 2.19. The fourth-order valence-electron chi connectivity index (χ4n) is 2.35. The van der Waals surface area contributed by atoms with E-state index in [9.17, 15) is 4.79 Å². The van der Waals surface area contributed by atoms with Gasteiger partial charge in [0.25, 0.3) is 5.91 Å². The minimum absolute atomic E-state index is 0.00722. The van der Waals surface area contributed by atoms with Gasteiger partial charge in [-0.25, -0.2) is 0 Å². The highest BCUT2D eigenvalue weighted by Crippen LogP contribution is 2.37. The maximum atomic E-state index is 12.2. The summed E-state index contributed by atoms with van der Waals surface area (Å²) in [6.45, 7) is 0.643. The molecule has 0 saturated carbocycles. The van der Waals surface area contributed by atoms with Gasteiger partial charge in [-0.3, -0.25) is 4.79 Å². The lowest BCUT2D eigenvalue weighted by Crippen LogP contribution is -2.26. The Bertz CT molecular complexity index is 429. The normalized spacial score (nSPS) is 14.1. The molecular weight excluding hydrogens is 248 g/mol. The van der Waals surface area contributed by atoms with Crippen LogP contribution in [-0.4, -0.2) is 31.2 Å². The summed E-state index contributed by atoms with van der Waals surface area (Å²) in [4.78, 5) is 13.6. The van der Waals surface area contributed by atoms with Gasteiger partial charge in [0.2, 0.25) is 0 Å². The zero-order chi connectivity index (χ0) is 13.0. The van der Waals surface area contributed by atoms with Crippen molar-refractivity contribution in [1.29, 1.82) is 0 Å². The Morgan fingerprint density at radius 3 is 2.89 bits per heavy atom. The van der Waals surface area contributed by atoms with Crippen LogP contribution >= 0.6 is 11.3 Å². The molecule has 3 N–H and O–H groups in total. The van der Waals surface area contributed by atoms with Crippen LogP contribution in [0.15, 0.2) is 0 Å². The van der Waals surface area contributed by atoms with Crippen LogP contribution in [0.2, 0.25) is 0 Å². The number of hydrogen-bond acceptors (Lipinski definition) is 4. The van der Waals surface area contributed by atoms with Crippen molar-refractivity contribution in [3.63, 3.8) is 0 Å². The molecule has 2 rings (SSSR count). The molecule has 0 saturated heterocycles. The van der Waals surface area contributed by atoms with Crippen LogP contribution in [-0.2, 0) is 12.8 Å². The second kappa shape index (κ2) is 6.20. The Hall–Kier alpha value is -1.07. The fraction of sp³-hybridized carbons (Fsp3) is 0.615. The average Bonchev–Trinajstić information content (AvgIpc) is 2.77. The summed E-state index contributed by atoms with van der Waals surface area (Å²) in [6, 6.07) is 0. The van der Waals surface area contributed by atoms with Crippen LogP contribution in [0.25, 0.3) is 0 Å². The molecule has 0 spiro atoms. The number of aliphatic hydroxyl groups excluding tert-OH is 1. The van der Waals surface area contributed by atoms with Gasteiger partial charge in [0.1, 0.15) is 5.00 Å². The molecule has 1 heterocycles. The second-order valence-corrected chi connectivity index (χ2v) is 5.60. The number of fused-ring (bicyclic) bond motifs is 1. The molecule has 0 fully saturated rings. The largest absolute Gasteiger partial charge is 0.396 e. The van der Waals surface area contributed by atoms with Crippen LogP contribution in [0, 0.1) is 0 Å². The van der Waals surface area contributed by atoms with E-state index in [1.54, 1.807) is 11.3 Å². The molecule has 0 bridgehead atoms. The number of amides is 1. The smallest absolute Gasteiger partial charge is 0.254 e. The molecule has 0 atom stereocenters. The Labute approximate surface area is 111 Å². The van der Waals surface area contributed by atoms with Crippen molar-refractivity contribution in [3.05, 3.63) is 16.0 Å². The third kappa shape index (κ3) is 2.67. The number of thiophene rings is 1. The monoisotopic (exact) mass is 268 g/mol. The van der Waals surface area contributed by atoms with Crippen molar-refractivity contribution in [2.24, 2.45) is 0 Å². The highest BCUT2D eigenvalue weighted by atomic mass is 32.1. The van der Waals surface area contributed by atoms with Crippen LogP contribution in [0.4, 0.5) is 5.00 Å². The van der Waals surface area contributed by atoms with E-state index in [2.05, 4.69) is 10.6 Å². The van der Waals surface area contributed by atoms with E-state index < -0.39 is 0 Å². The van der Waals surface area contributed by atoms with Gasteiger partial charge in [-0.2, -0.15) is 0 Å². The molecule has 0 aromatic carbocycles. The first-order chi connectivity index (χ1) is 8.77. The number of anilines is 1. The number of nitrogens with one attached hydrogen (secondary N) is 2. The summed E-state index contributed by atoms with van der Waals surface area (Å²) in [7, 11) is 1.86. The van der Waals surface area contributed by atoms with E-state index in [-0.39, 0.29) is 12.5 Å². The van der Waals surface area contributed by atoms with Crippen molar-refractivity contribution >= 4 is 22.2 Å². The van der Waals surface area contributed by atoms with Gasteiger partial charge in [0.05, 0.1) is 5.56 Å². The molecular formula is C13H20N2O2S. The zero-order valence-corrected chi connectivity index (χ0v) is 11.5. The highest BCUT2D eigenvalue weighted by molar-refractivity contribution is 7.16. The highest BCUT2D eigenvalue weighted by Gasteiger charge is 2.24. The topological polar surface area (TPSA) is 61.4 Å².